The highest BCUT2D eigenvalue weighted by atomic mass is 35.5. The maximum absolute atomic E-state index is 6.12. The van der Waals surface area contributed by atoms with Crippen LogP contribution in [0.2, 0.25) is 5.02 Å². The molecular formula is C13H7ClN2O. The van der Waals surface area contributed by atoms with Crippen molar-refractivity contribution in [1.82, 2.24) is 9.38 Å². The van der Waals surface area contributed by atoms with Crippen molar-refractivity contribution < 1.29 is 4.42 Å². The summed E-state index contributed by atoms with van der Waals surface area (Å²) < 4.78 is 7.67. The first-order valence-corrected chi connectivity index (χ1v) is 5.66. The molecule has 0 spiro atoms. The van der Waals surface area contributed by atoms with E-state index in [0.717, 1.165) is 22.1 Å². The van der Waals surface area contributed by atoms with Crippen molar-refractivity contribution in [2.24, 2.45) is 0 Å². The molecular weight excluding hydrogens is 236 g/mol. The second-order valence-electron chi connectivity index (χ2n) is 3.91. The van der Waals surface area contributed by atoms with Gasteiger partial charge in [-0.25, -0.2) is 0 Å². The van der Waals surface area contributed by atoms with Gasteiger partial charge in [-0.2, -0.15) is 4.98 Å². The quantitative estimate of drug-likeness (QED) is 0.468. The molecule has 0 radical (unpaired) electrons. The van der Waals surface area contributed by atoms with Gasteiger partial charge >= 0.3 is 5.84 Å². The van der Waals surface area contributed by atoms with E-state index in [1.54, 1.807) is 0 Å². The number of hydrogen-bond donors (Lipinski definition) is 0. The minimum atomic E-state index is 0.578. The molecule has 0 aliphatic carbocycles. The Kier molecular flexibility index (Phi) is 1.61. The van der Waals surface area contributed by atoms with Gasteiger partial charge in [-0.1, -0.05) is 29.8 Å². The van der Waals surface area contributed by atoms with Gasteiger partial charge in [0.15, 0.2) is 5.58 Å². The first kappa shape index (κ1) is 9.07. The average Bonchev–Trinajstić information content (AvgIpc) is 2.85. The summed E-state index contributed by atoms with van der Waals surface area (Å²) in [6, 6.07) is 13.6. The van der Waals surface area contributed by atoms with Crippen LogP contribution in [-0.2, 0) is 0 Å². The van der Waals surface area contributed by atoms with Crippen LogP contribution in [0.15, 0.2) is 46.9 Å². The zero-order valence-electron chi connectivity index (χ0n) is 8.72. The summed E-state index contributed by atoms with van der Waals surface area (Å²) in [4.78, 5) is 4.42. The third-order valence-electron chi connectivity index (χ3n) is 2.91. The molecule has 0 fully saturated rings. The zero-order chi connectivity index (χ0) is 11.4. The second-order valence-corrected chi connectivity index (χ2v) is 4.31. The number of aromatic nitrogens is 2. The fourth-order valence-electron chi connectivity index (χ4n) is 2.17. The van der Waals surface area contributed by atoms with Crippen LogP contribution in [0.1, 0.15) is 0 Å². The van der Waals surface area contributed by atoms with Gasteiger partial charge in [0.1, 0.15) is 5.52 Å². The summed E-state index contributed by atoms with van der Waals surface area (Å²) in [6.45, 7) is 0. The molecule has 4 rings (SSSR count). The first-order valence-electron chi connectivity index (χ1n) is 5.29. The highest BCUT2D eigenvalue weighted by Gasteiger charge is 2.13. The van der Waals surface area contributed by atoms with Crippen molar-refractivity contribution in [3.8, 4) is 0 Å². The van der Waals surface area contributed by atoms with Crippen LogP contribution in [0.25, 0.3) is 28.0 Å². The van der Waals surface area contributed by atoms with Crippen molar-refractivity contribution in [3.05, 3.63) is 47.5 Å². The smallest absolute Gasteiger partial charge is 0.307 e. The van der Waals surface area contributed by atoms with E-state index in [-0.39, 0.29) is 0 Å². The number of benzene rings is 2. The molecule has 0 saturated heterocycles. The van der Waals surface area contributed by atoms with E-state index in [1.807, 2.05) is 46.9 Å². The lowest BCUT2D eigenvalue weighted by atomic mass is 10.3. The zero-order valence-corrected chi connectivity index (χ0v) is 9.48. The number of para-hydroxylation sites is 3. The van der Waals surface area contributed by atoms with Gasteiger partial charge in [-0.3, -0.25) is 4.40 Å². The third-order valence-corrected chi connectivity index (χ3v) is 3.22. The molecule has 0 saturated carbocycles. The van der Waals surface area contributed by atoms with E-state index in [2.05, 4.69) is 4.98 Å². The maximum atomic E-state index is 6.12. The predicted octanol–water partition coefficient (Wildman–Crippen LogP) is 3.89. The lowest BCUT2D eigenvalue weighted by molar-refractivity contribution is 0.643. The van der Waals surface area contributed by atoms with E-state index >= 15 is 0 Å². The summed E-state index contributed by atoms with van der Waals surface area (Å²) in [7, 11) is 0. The highest BCUT2D eigenvalue weighted by Crippen LogP contribution is 2.28. The fourth-order valence-corrected chi connectivity index (χ4v) is 2.38. The summed E-state index contributed by atoms with van der Waals surface area (Å²) in [5.74, 6) is 0.578. The van der Waals surface area contributed by atoms with Gasteiger partial charge in [0, 0.05) is 0 Å². The number of oxazole rings is 1. The standard InChI is InChI=1S/C13H7ClN2O/c14-8-4-3-6-10-12(8)15-13-16(10)9-5-1-2-7-11(9)17-13/h1-7H. The monoisotopic (exact) mass is 242 g/mol. The molecule has 0 unspecified atom stereocenters. The van der Waals surface area contributed by atoms with Crippen molar-refractivity contribution in [2.45, 2.75) is 0 Å². The van der Waals surface area contributed by atoms with Crippen LogP contribution in [0.4, 0.5) is 0 Å². The molecule has 17 heavy (non-hydrogen) atoms. The van der Waals surface area contributed by atoms with E-state index < -0.39 is 0 Å². The molecule has 2 heterocycles. The van der Waals surface area contributed by atoms with Crippen molar-refractivity contribution >= 4 is 39.6 Å². The SMILES string of the molecule is Clc1cccc2c1nc1oc3ccccc3n12. The number of nitrogens with zero attached hydrogens (tertiary/aromatic N) is 2. The first-order chi connectivity index (χ1) is 8.34. The van der Waals surface area contributed by atoms with Crippen LogP contribution in [-0.4, -0.2) is 9.38 Å². The largest absolute Gasteiger partial charge is 0.423 e. The number of halogens is 1. The van der Waals surface area contributed by atoms with Crippen LogP contribution < -0.4 is 0 Å². The van der Waals surface area contributed by atoms with Crippen LogP contribution in [0, 0.1) is 0 Å². The molecule has 0 atom stereocenters. The van der Waals surface area contributed by atoms with Crippen molar-refractivity contribution in [1.29, 1.82) is 0 Å². The van der Waals surface area contributed by atoms with Gasteiger partial charge in [-0.05, 0) is 24.3 Å². The molecule has 0 bridgehead atoms. The number of hydrogen-bond acceptors (Lipinski definition) is 2. The molecule has 2 aromatic carbocycles. The highest BCUT2D eigenvalue weighted by molar-refractivity contribution is 6.35. The molecule has 4 heteroatoms. The molecule has 0 aliphatic rings. The van der Waals surface area contributed by atoms with Crippen LogP contribution >= 0.6 is 11.6 Å². The van der Waals surface area contributed by atoms with E-state index in [0.29, 0.717) is 10.9 Å². The van der Waals surface area contributed by atoms with Gasteiger partial charge in [-0.15, -0.1) is 0 Å². The van der Waals surface area contributed by atoms with Crippen molar-refractivity contribution in [2.75, 3.05) is 0 Å². The van der Waals surface area contributed by atoms with Crippen molar-refractivity contribution in [3.63, 3.8) is 0 Å². The Morgan fingerprint density at radius 1 is 1.00 bits per heavy atom. The topological polar surface area (TPSA) is 30.4 Å². The van der Waals surface area contributed by atoms with Crippen LogP contribution in [0.5, 0.6) is 0 Å². The molecule has 0 N–H and O–H groups in total. The second kappa shape index (κ2) is 3.02. The summed E-state index contributed by atoms with van der Waals surface area (Å²) in [6.07, 6.45) is 0. The minimum Gasteiger partial charge on any atom is -0.423 e. The average molecular weight is 243 g/mol. The third kappa shape index (κ3) is 1.09. The van der Waals surface area contributed by atoms with Gasteiger partial charge in [0.05, 0.1) is 16.1 Å². The van der Waals surface area contributed by atoms with Gasteiger partial charge < -0.3 is 4.42 Å². The number of rotatable bonds is 0. The Morgan fingerprint density at radius 3 is 2.76 bits per heavy atom. The molecule has 4 aromatic rings. The van der Waals surface area contributed by atoms with E-state index in [9.17, 15) is 0 Å². The Labute approximate surface area is 101 Å². The van der Waals surface area contributed by atoms with Crippen LogP contribution in [0.3, 0.4) is 0 Å². The molecule has 2 aromatic heterocycles. The van der Waals surface area contributed by atoms with E-state index in [1.165, 1.54) is 0 Å². The number of fused-ring (bicyclic) bond motifs is 5. The Morgan fingerprint density at radius 2 is 1.82 bits per heavy atom. The summed E-state index contributed by atoms with van der Waals surface area (Å²) in [5.41, 5.74) is 3.58. The van der Waals surface area contributed by atoms with E-state index in [4.69, 9.17) is 16.0 Å². The minimum absolute atomic E-state index is 0.578. The molecule has 3 nitrogen and oxygen atoms in total. The number of imidazole rings is 1. The molecule has 0 amide bonds. The summed E-state index contributed by atoms with van der Waals surface area (Å²) >= 11 is 6.12. The Bertz CT molecular complexity index is 860. The van der Waals surface area contributed by atoms with Gasteiger partial charge in [0.2, 0.25) is 0 Å². The molecule has 82 valence electrons. The maximum Gasteiger partial charge on any atom is 0.307 e. The normalized spacial score (nSPS) is 11.8. The lowest BCUT2D eigenvalue weighted by Gasteiger charge is -1.93. The lowest BCUT2D eigenvalue weighted by Crippen LogP contribution is -1.79. The Balaban J connectivity index is 2.36. The molecule has 0 aliphatic heterocycles. The fraction of sp³-hybridized carbons (Fsp3) is 0. The van der Waals surface area contributed by atoms with Gasteiger partial charge in [0.25, 0.3) is 0 Å². The Hall–Kier alpha value is -2.00. The predicted molar refractivity (Wildman–Crippen MR) is 67.5 cm³/mol. The summed E-state index contributed by atoms with van der Waals surface area (Å²) in [5, 5.41) is 0.644.